The van der Waals surface area contributed by atoms with Crippen LogP contribution in [0.1, 0.15) is 26.2 Å². The zero-order valence-electron chi connectivity index (χ0n) is 12.3. The molecule has 0 atom stereocenters. The molecular formula is C16H20BrFN2O. The summed E-state index contributed by atoms with van der Waals surface area (Å²) in [5, 5.41) is 3.37. The summed E-state index contributed by atoms with van der Waals surface area (Å²) >= 11 is 3.24. The second kappa shape index (κ2) is 7.71. The van der Waals surface area contributed by atoms with Crippen molar-refractivity contribution in [2.24, 2.45) is 5.92 Å². The van der Waals surface area contributed by atoms with E-state index in [2.05, 4.69) is 40.1 Å². The van der Waals surface area contributed by atoms with E-state index in [0.29, 0.717) is 27.6 Å². The van der Waals surface area contributed by atoms with Gasteiger partial charge in [0.15, 0.2) is 11.7 Å². The molecule has 114 valence electrons. The van der Waals surface area contributed by atoms with Gasteiger partial charge < -0.3 is 9.73 Å². The largest absolute Gasteiger partial charge is 0.441 e. The van der Waals surface area contributed by atoms with E-state index in [4.69, 9.17) is 4.42 Å². The smallest absolute Gasteiger partial charge is 0.194 e. The summed E-state index contributed by atoms with van der Waals surface area (Å²) in [6.07, 6.45) is 3.29. The predicted molar refractivity (Wildman–Crippen MR) is 85.6 cm³/mol. The molecule has 1 aromatic heterocycles. The molecule has 0 amide bonds. The maximum absolute atomic E-state index is 13.8. The van der Waals surface area contributed by atoms with E-state index >= 15 is 0 Å². The van der Waals surface area contributed by atoms with Gasteiger partial charge in [-0.3, -0.25) is 0 Å². The van der Waals surface area contributed by atoms with Gasteiger partial charge in [0.2, 0.25) is 0 Å². The van der Waals surface area contributed by atoms with Crippen LogP contribution in [-0.2, 0) is 6.42 Å². The third-order valence-electron chi connectivity index (χ3n) is 3.05. The molecule has 0 spiro atoms. The van der Waals surface area contributed by atoms with E-state index in [-0.39, 0.29) is 5.82 Å². The molecule has 0 aliphatic heterocycles. The van der Waals surface area contributed by atoms with Crippen LogP contribution >= 0.6 is 15.9 Å². The van der Waals surface area contributed by atoms with E-state index < -0.39 is 0 Å². The Balaban J connectivity index is 1.89. The highest BCUT2D eigenvalue weighted by Gasteiger charge is 2.11. The fraction of sp³-hybridized carbons (Fsp3) is 0.438. The van der Waals surface area contributed by atoms with Crippen molar-refractivity contribution in [1.29, 1.82) is 0 Å². The molecule has 0 aliphatic rings. The van der Waals surface area contributed by atoms with Crippen LogP contribution in [0, 0.1) is 11.7 Å². The van der Waals surface area contributed by atoms with E-state index in [1.165, 1.54) is 6.07 Å². The lowest BCUT2D eigenvalue weighted by molar-refractivity contribution is 0.481. The summed E-state index contributed by atoms with van der Waals surface area (Å²) in [7, 11) is 0. The summed E-state index contributed by atoms with van der Waals surface area (Å²) < 4.78 is 20.2. The Hall–Kier alpha value is -1.20. The van der Waals surface area contributed by atoms with E-state index in [1.54, 1.807) is 18.3 Å². The monoisotopic (exact) mass is 354 g/mol. The minimum absolute atomic E-state index is 0.314. The molecule has 0 bridgehead atoms. The Bertz CT molecular complexity index is 583. The van der Waals surface area contributed by atoms with Crippen LogP contribution in [-0.4, -0.2) is 18.1 Å². The molecule has 21 heavy (non-hydrogen) atoms. The van der Waals surface area contributed by atoms with Gasteiger partial charge in [-0.25, -0.2) is 9.37 Å². The molecule has 0 unspecified atom stereocenters. The molecule has 2 aromatic rings. The Morgan fingerprint density at radius 1 is 1.38 bits per heavy atom. The Morgan fingerprint density at radius 3 is 2.90 bits per heavy atom. The van der Waals surface area contributed by atoms with Gasteiger partial charge in [0, 0.05) is 10.9 Å². The fourth-order valence-corrected chi connectivity index (χ4v) is 2.33. The molecular weight excluding hydrogens is 335 g/mol. The lowest BCUT2D eigenvalue weighted by Gasteiger charge is -2.05. The molecule has 0 fully saturated rings. The molecule has 3 nitrogen and oxygen atoms in total. The van der Waals surface area contributed by atoms with Crippen molar-refractivity contribution in [1.82, 2.24) is 10.3 Å². The van der Waals surface area contributed by atoms with E-state index in [0.717, 1.165) is 25.9 Å². The molecule has 0 aliphatic carbocycles. The lowest BCUT2D eigenvalue weighted by Crippen LogP contribution is -2.21. The van der Waals surface area contributed by atoms with Crippen molar-refractivity contribution in [3.63, 3.8) is 0 Å². The fourth-order valence-electron chi connectivity index (χ4n) is 2.00. The van der Waals surface area contributed by atoms with Gasteiger partial charge in [0.05, 0.1) is 11.8 Å². The first-order valence-corrected chi connectivity index (χ1v) is 7.96. The highest BCUT2D eigenvalue weighted by Crippen LogP contribution is 2.26. The molecule has 5 heteroatoms. The zero-order valence-corrected chi connectivity index (χ0v) is 13.9. The number of halogens is 2. The van der Waals surface area contributed by atoms with Crippen LogP contribution in [0.3, 0.4) is 0 Å². The number of nitrogens with zero attached hydrogens (tertiary/aromatic N) is 1. The summed E-state index contributed by atoms with van der Waals surface area (Å²) in [5.74, 6) is 1.47. The van der Waals surface area contributed by atoms with Gasteiger partial charge in [-0.05, 0) is 43.6 Å². The average Bonchev–Trinajstić information content (AvgIpc) is 2.86. The molecule has 0 radical (unpaired) electrons. The van der Waals surface area contributed by atoms with Gasteiger partial charge >= 0.3 is 0 Å². The van der Waals surface area contributed by atoms with Crippen LogP contribution in [0.25, 0.3) is 11.3 Å². The SMILES string of the molecule is CC(C)CNCCCc1ncc(-c2ccc(Br)cc2F)o1. The van der Waals surface area contributed by atoms with Crippen molar-refractivity contribution in [3.8, 4) is 11.3 Å². The van der Waals surface area contributed by atoms with Gasteiger partial charge in [0.1, 0.15) is 5.82 Å². The van der Waals surface area contributed by atoms with Crippen LogP contribution < -0.4 is 5.32 Å². The summed E-state index contributed by atoms with van der Waals surface area (Å²) in [4.78, 5) is 4.22. The van der Waals surface area contributed by atoms with Crippen molar-refractivity contribution in [2.45, 2.75) is 26.7 Å². The van der Waals surface area contributed by atoms with Gasteiger partial charge in [-0.1, -0.05) is 29.8 Å². The second-order valence-electron chi connectivity index (χ2n) is 5.44. The highest BCUT2D eigenvalue weighted by molar-refractivity contribution is 9.10. The quantitative estimate of drug-likeness (QED) is 0.747. The minimum Gasteiger partial charge on any atom is -0.441 e. The maximum atomic E-state index is 13.8. The maximum Gasteiger partial charge on any atom is 0.194 e. The predicted octanol–water partition coefficient (Wildman–Crippen LogP) is 4.42. The van der Waals surface area contributed by atoms with Crippen LogP contribution in [0.5, 0.6) is 0 Å². The van der Waals surface area contributed by atoms with E-state index in [9.17, 15) is 4.39 Å². The van der Waals surface area contributed by atoms with E-state index in [1.807, 2.05) is 0 Å². The minimum atomic E-state index is -0.314. The van der Waals surface area contributed by atoms with Crippen LogP contribution in [0.4, 0.5) is 4.39 Å². The number of nitrogens with one attached hydrogen (secondary N) is 1. The molecule has 1 aromatic carbocycles. The molecule has 0 saturated carbocycles. The summed E-state index contributed by atoms with van der Waals surface area (Å²) in [6.45, 7) is 6.31. The first kappa shape index (κ1) is 16.2. The Kier molecular flexibility index (Phi) is 5.94. The topological polar surface area (TPSA) is 38.1 Å². The molecule has 2 rings (SSSR count). The molecule has 0 saturated heterocycles. The first-order chi connectivity index (χ1) is 10.1. The Labute approximate surface area is 133 Å². The second-order valence-corrected chi connectivity index (χ2v) is 6.36. The number of rotatable bonds is 7. The third-order valence-corrected chi connectivity index (χ3v) is 3.54. The normalized spacial score (nSPS) is 11.3. The average molecular weight is 355 g/mol. The van der Waals surface area contributed by atoms with Crippen molar-refractivity contribution in [3.05, 3.63) is 40.6 Å². The number of aromatic nitrogens is 1. The van der Waals surface area contributed by atoms with Crippen molar-refractivity contribution >= 4 is 15.9 Å². The zero-order chi connectivity index (χ0) is 15.2. The number of aryl methyl sites for hydroxylation is 1. The van der Waals surface area contributed by atoms with Crippen LogP contribution in [0.15, 0.2) is 33.3 Å². The van der Waals surface area contributed by atoms with Crippen molar-refractivity contribution in [2.75, 3.05) is 13.1 Å². The molecule has 1 heterocycles. The number of hydrogen-bond donors (Lipinski definition) is 1. The highest BCUT2D eigenvalue weighted by atomic mass is 79.9. The van der Waals surface area contributed by atoms with Crippen LogP contribution in [0.2, 0.25) is 0 Å². The number of hydrogen-bond acceptors (Lipinski definition) is 3. The van der Waals surface area contributed by atoms with Gasteiger partial charge in [-0.2, -0.15) is 0 Å². The van der Waals surface area contributed by atoms with Gasteiger partial charge in [-0.15, -0.1) is 0 Å². The molecule has 1 N–H and O–H groups in total. The Morgan fingerprint density at radius 2 is 2.19 bits per heavy atom. The standard InChI is InChI=1S/C16H20BrFN2O/c1-11(2)9-19-7-3-4-16-20-10-15(21-16)13-6-5-12(17)8-14(13)18/h5-6,8,10-11,19H,3-4,7,9H2,1-2H3. The number of oxazole rings is 1. The van der Waals surface area contributed by atoms with Gasteiger partial charge in [0.25, 0.3) is 0 Å². The lowest BCUT2D eigenvalue weighted by atomic mass is 10.2. The summed E-state index contributed by atoms with van der Waals surface area (Å²) in [6, 6.07) is 4.90. The first-order valence-electron chi connectivity index (χ1n) is 7.17. The third kappa shape index (κ3) is 4.93. The van der Waals surface area contributed by atoms with Crippen molar-refractivity contribution < 1.29 is 8.81 Å². The number of benzene rings is 1. The summed E-state index contributed by atoms with van der Waals surface area (Å²) in [5.41, 5.74) is 0.440.